The fraction of sp³-hybridized carbons (Fsp3) is 1.00. The molecule has 0 aliphatic heterocycles. The lowest BCUT2D eigenvalue weighted by Gasteiger charge is -2.58. The Morgan fingerprint density at radius 1 is 1.39 bits per heavy atom. The van der Waals surface area contributed by atoms with E-state index in [1.807, 2.05) is 7.05 Å². The number of sulfonamides is 1. The van der Waals surface area contributed by atoms with Gasteiger partial charge in [-0.25, -0.2) is 13.6 Å². The van der Waals surface area contributed by atoms with Crippen molar-refractivity contribution in [1.82, 2.24) is 4.90 Å². The number of hydrogen-bond acceptors (Lipinski definition) is 4. The Balaban J connectivity index is 2.66. The Morgan fingerprint density at radius 2 is 1.94 bits per heavy atom. The normalized spacial score (nSPS) is 27.2. The molecule has 1 aliphatic carbocycles. The molecule has 2 unspecified atom stereocenters. The molecular weight excluding hydrogens is 252 g/mol. The molecule has 18 heavy (non-hydrogen) atoms. The van der Waals surface area contributed by atoms with Crippen LogP contribution >= 0.6 is 0 Å². The number of primary sulfonamides is 1. The molecule has 0 aromatic carbocycles. The lowest BCUT2D eigenvalue weighted by atomic mass is 9.58. The highest BCUT2D eigenvalue weighted by atomic mass is 32.2. The van der Waals surface area contributed by atoms with Gasteiger partial charge in [-0.3, -0.25) is 0 Å². The molecule has 1 saturated carbocycles. The maximum atomic E-state index is 11.0. The number of ether oxygens (including phenoxy) is 1. The van der Waals surface area contributed by atoms with Crippen LogP contribution in [0.1, 0.15) is 33.1 Å². The highest BCUT2D eigenvalue weighted by Crippen LogP contribution is 2.50. The molecule has 5 nitrogen and oxygen atoms in total. The quantitative estimate of drug-likeness (QED) is 0.747. The van der Waals surface area contributed by atoms with Crippen LogP contribution in [0.5, 0.6) is 0 Å². The van der Waals surface area contributed by atoms with Crippen molar-refractivity contribution >= 4 is 10.0 Å². The fourth-order valence-corrected chi connectivity index (χ4v) is 3.82. The van der Waals surface area contributed by atoms with Crippen molar-refractivity contribution < 1.29 is 13.2 Å². The van der Waals surface area contributed by atoms with Crippen LogP contribution in [0.25, 0.3) is 0 Å². The van der Waals surface area contributed by atoms with Gasteiger partial charge in [0.25, 0.3) is 0 Å². The summed E-state index contributed by atoms with van der Waals surface area (Å²) in [6.45, 7) is 4.84. The van der Waals surface area contributed by atoms with Crippen molar-refractivity contribution in [2.45, 2.75) is 45.3 Å². The largest absolute Gasteiger partial charge is 0.381 e. The average molecular weight is 278 g/mol. The molecule has 6 heteroatoms. The third-order valence-corrected chi connectivity index (χ3v) is 5.36. The zero-order valence-corrected chi connectivity index (χ0v) is 12.7. The van der Waals surface area contributed by atoms with Gasteiger partial charge in [0.2, 0.25) is 10.0 Å². The zero-order chi connectivity index (χ0) is 14.0. The summed E-state index contributed by atoms with van der Waals surface area (Å²) in [5, 5.41) is 5.05. The number of nitrogens with two attached hydrogens (primary N) is 1. The highest BCUT2D eigenvalue weighted by Gasteiger charge is 2.54. The van der Waals surface area contributed by atoms with Gasteiger partial charge in [-0.15, -0.1) is 0 Å². The van der Waals surface area contributed by atoms with Crippen LogP contribution in [-0.4, -0.2) is 51.9 Å². The predicted octanol–water partition coefficient (Wildman–Crippen LogP) is 0.800. The monoisotopic (exact) mass is 278 g/mol. The van der Waals surface area contributed by atoms with E-state index in [-0.39, 0.29) is 17.3 Å². The maximum Gasteiger partial charge on any atom is 0.210 e. The third-order valence-electron chi connectivity index (χ3n) is 4.60. The zero-order valence-electron chi connectivity index (χ0n) is 11.8. The van der Waals surface area contributed by atoms with Crippen molar-refractivity contribution in [3.63, 3.8) is 0 Å². The van der Waals surface area contributed by atoms with Gasteiger partial charge in [0, 0.05) is 25.1 Å². The van der Waals surface area contributed by atoms with Gasteiger partial charge < -0.3 is 9.64 Å². The van der Waals surface area contributed by atoms with Crippen molar-refractivity contribution in [2.24, 2.45) is 10.6 Å². The molecule has 1 rings (SSSR count). The molecule has 1 aliphatic rings. The molecule has 0 heterocycles. The number of hydrogen-bond donors (Lipinski definition) is 1. The van der Waals surface area contributed by atoms with Gasteiger partial charge in [-0.1, -0.05) is 13.8 Å². The van der Waals surface area contributed by atoms with E-state index >= 15 is 0 Å². The van der Waals surface area contributed by atoms with Crippen LogP contribution in [0.4, 0.5) is 0 Å². The van der Waals surface area contributed by atoms with Crippen LogP contribution in [0.2, 0.25) is 0 Å². The Bertz CT molecular complexity index is 366. The molecule has 108 valence electrons. The second kappa shape index (κ2) is 5.86. The Kier molecular flexibility index (Phi) is 5.17. The first-order valence-electron chi connectivity index (χ1n) is 6.54. The Labute approximate surface area is 111 Å². The van der Waals surface area contributed by atoms with Crippen molar-refractivity contribution in [1.29, 1.82) is 0 Å². The molecule has 0 bridgehead atoms. The van der Waals surface area contributed by atoms with Gasteiger partial charge in [0.1, 0.15) is 0 Å². The molecule has 0 saturated heterocycles. The minimum absolute atomic E-state index is 0.0150. The van der Waals surface area contributed by atoms with Gasteiger partial charge in [0.05, 0.1) is 11.9 Å². The van der Waals surface area contributed by atoms with E-state index in [1.54, 1.807) is 7.11 Å². The van der Waals surface area contributed by atoms with E-state index in [0.29, 0.717) is 12.6 Å². The van der Waals surface area contributed by atoms with Gasteiger partial charge in [-0.05, 0) is 26.3 Å². The Morgan fingerprint density at radius 3 is 2.33 bits per heavy atom. The summed E-state index contributed by atoms with van der Waals surface area (Å²) in [6, 6.07) is 0.388. The summed E-state index contributed by atoms with van der Waals surface area (Å²) >= 11 is 0. The molecule has 0 radical (unpaired) electrons. The Hall–Kier alpha value is -0.170. The number of rotatable bonds is 7. The second-order valence-corrected chi connectivity index (χ2v) is 7.00. The van der Waals surface area contributed by atoms with E-state index < -0.39 is 10.0 Å². The van der Waals surface area contributed by atoms with Crippen LogP contribution < -0.4 is 5.14 Å². The highest BCUT2D eigenvalue weighted by molar-refractivity contribution is 7.89. The molecule has 2 atom stereocenters. The predicted molar refractivity (Wildman–Crippen MR) is 72.8 cm³/mol. The van der Waals surface area contributed by atoms with E-state index in [4.69, 9.17) is 9.88 Å². The van der Waals surface area contributed by atoms with E-state index in [2.05, 4.69) is 18.7 Å². The lowest BCUT2D eigenvalue weighted by Crippen LogP contribution is -2.63. The van der Waals surface area contributed by atoms with Gasteiger partial charge in [-0.2, -0.15) is 0 Å². The van der Waals surface area contributed by atoms with Crippen LogP contribution in [-0.2, 0) is 14.8 Å². The van der Waals surface area contributed by atoms with Crippen LogP contribution in [0.15, 0.2) is 0 Å². The molecular formula is C12H26N2O3S. The minimum atomic E-state index is -3.38. The van der Waals surface area contributed by atoms with Crippen molar-refractivity contribution in [2.75, 3.05) is 26.5 Å². The summed E-state index contributed by atoms with van der Waals surface area (Å²) in [5.74, 6) is 0.0150. The topological polar surface area (TPSA) is 72.6 Å². The average Bonchev–Trinajstić information content (AvgIpc) is 2.27. The van der Waals surface area contributed by atoms with Gasteiger partial charge >= 0.3 is 0 Å². The van der Waals surface area contributed by atoms with Crippen molar-refractivity contribution in [3.8, 4) is 0 Å². The summed E-state index contributed by atoms with van der Waals surface area (Å²) in [6.07, 6.45) is 3.35. The van der Waals surface area contributed by atoms with E-state index in [1.165, 1.54) is 0 Å². The SMILES string of the molecule is CCC1(CC)C(OC)CC1N(C)CCS(N)(=O)=O. The minimum Gasteiger partial charge on any atom is -0.381 e. The third kappa shape index (κ3) is 3.04. The summed E-state index contributed by atoms with van der Waals surface area (Å²) in [4.78, 5) is 2.12. The number of methoxy groups -OCH3 is 1. The van der Waals surface area contributed by atoms with E-state index in [0.717, 1.165) is 19.3 Å². The maximum absolute atomic E-state index is 11.0. The summed E-state index contributed by atoms with van der Waals surface area (Å²) in [7, 11) is 0.350. The fourth-order valence-electron chi connectivity index (χ4n) is 3.28. The van der Waals surface area contributed by atoms with Crippen molar-refractivity contribution in [3.05, 3.63) is 0 Å². The smallest absolute Gasteiger partial charge is 0.210 e. The first kappa shape index (κ1) is 15.9. The molecule has 0 amide bonds. The second-order valence-electron chi connectivity index (χ2n) is 5.26. The molecule has 0 aromatic rings. The summed E-state index contributed by atoms with van der Waals surface area (Å²) in [5.41, 5.74) is 0.155. The summed E-state index contributed by atoms with van der Waals surface area (Å²) < 4.78 is 27.6. The molecule has 0 aromatic heterocycles. The van der Waals surface area contributed by atoms with Crippen LogP contribution in [0, 0.1) is 5.41 Å². The molecule has 0 spiro atoms. The first-order chi connectivity index (χ1) is 8.30. The molecule has 1 fully saturated rings. The van der Waals surface area contributed by atoms with E-state index in [9.17, 15) is 8.42 Å². The molecule has 2 N–H and O–H groups in total. The first-order valence-corrected chi connectivity index (χ1v) is 8.25. The number of nitrogens with zero attached hydrogens (tertiary/aromatic N) is 1. The lowest BCUT2D eigenvalue weighted by molar-refractivity contribution is -0.155. The standard InChI is InChI=1S/C12H26N2O3S/c1-5-12(6-2)10(9-11(12)17-4)14(3)7-8-18(13,15)16/h10-11H,5-9H2,1-4H3,(H2,13,15,16). The van der Waals surface area contributed by atoms with Crippen LogP contribution in [0.3, 0.4) is 0 Å². The van der Waals surface area contributed by atoms with Gasteiger partial charge in [0.15, 0.2) is 0 Å².